The zero-order valence-electron chi connectivity index (χ0n) is 9.43. The predicted molar refractivity (Wildman–Crippen MR) is 57.2 cm³/mol. The Bertz CT molecular complexity index is 231. The highest BCUT2D eigenvalue weighted by Crippen LogP contribution is 2.02. The molecule has 3 N–H and O–H groups in total. The average Bonchev–Trinajstić information content (AvgIpc) is 2.21. The van der Waals surface area contributed by atoms with E-state index in [2.05, 4.69) is 0 Å². The molecule has 0 aromatic heterocycles. The molecule has 16 heavy (non-hydrogen) atoms. The number of carboxylic acids is 2. The number of carbonyl (C=O) groups is 2. The molecule has 1 unspecified atom stereocenters. The van der Waals surface area contributed by atoms with Crippen LogP contribution in [0, 0.1) is 5.92 Å². The van der Waals surface area contributed by atoms with Crippen LogP contribution in [0.15, 0.2) is 0 Å². The van der Waals surface area contributed by atoms with E-state index >= 15 is 0 Å². The third-order valence-electron chi connectivity index (χ3n) is 2.23. The maximum absolute atomic E-state index is 10.7. The minimum atomic E-state index is -0.906. The molecule has 0 saturated heterocycles. The zero-order chi connectivity index (χ0) is 12.6. The first-order valence-electron chi connectivity index (χ1n) is 5.25. The average molecular weight is 233 g/mol. The van der Waals surface area contributed by atoms with Gasteiger partial charge in [-0.05, 0) is 6.42 Å². The number of aliphatic carboxylic acids is 2. The Kier molecular flexibility index (Phi) is 7.49. The van der Waals surface area contributed by atoms with E-state index in [1.54, 1.807) is 11.8 Å². The smallest absolute Gasteiger partial charge is 0.307 e. The van der Waals surface area contributed by atoms with E-state index in [0.717, 1.165) is 0 Å². The van der Waals surface area contributed by atoms with Crippen molar-refractivity contribution in [2.75, 3.05) is 26.2 Å². The molecule has 0 heterocycles. The van der Waals surface area contributed by atoms with E-state index in [9.17, 15) is 9.59 Å². The second kappa shape index (κ2) is 8.06. The van der Waals surface area contributed by atoms with Gasteiger partial charge in [-0.2, -0.15) is 0 Å². The monoisotopic (exact) mass is 233 g/mol. The van der Waals surface area contributed by atoms with Gasteiger partial charge in [-0.1, -0.05) is 6.92 Å². The Balaban J connectivity index is 4.08. The van der Waals surface area contributed by atoms with Crippen LogP contribution in [0.5, 0.6) is 0 Å². The number of aliphatic hydroxyl groups is 1. The summed E-state index contributed by atoms with van der Waals surface area (Å²) in [5, 5.41) is 26.0. The summed E-state index contributed by atoms with van der Waals surface area (Å²) in [6.45, 7) is 2.73. The molecular weight excluding hydrogens is 214 g/mol. The number of aliphatic hydroxyl groups excluding tert-OH is 1. The van der Waals surface area contributed by atoms with Crippen LogP contribution in [0.2, 0.25) is 0 Å². The minimum Gasteiger partial charge on any atom is -0.481 e. The van der Waals surface area contributed by atoms with Crippen LogP contribution in [0.1, 0.15) is 19.8 Å². The zero-order valence-corrected chi connectivity index (χ0v) is 9.43. The maximum Gasteiger partial charge on any atom is 0.307 e. The Morgan fingerprint density at radius 1 is 1.25 bits per heavy atom. The molecule has 0 rings (SSSR count). The van der Waals surface area contributed by atoms with Gasteiger partial charge in [-0.25, -0.2) is 0 Å². The molecule has 0 aliphatic rings. The molecule has 0 amide bonds. The van der Waals surface area contributed by atoms with Gasteiger partial charge in [-0.15, -0.1) is 0 Å². The Hall–Kier alpha value is -1.14. The summed E-state index contributed by atoms with van der Waals surface area (Å²) in [6.07, 6.45) is 0.504. The fraction of sp³-hybridized carbons (Fsp3) is 0.800. The molecule has 0 aliphatic carbocycles. The van der Waals surface area contributed by atoms with Crippen LogP contribution in [0.4, 0.5) is 0 Å². The van der Waals surface area contributed by atoms with Crippen molar-refractivity contribution in [3.63, 3.8) is 0 Å². The lowest BCUT2D eigenvalue weighted by Gasteiger charge is -2.23. The summed E-state index contributed by atoms with van der Waals surface area (Å²) >= 11 is 0. The van der Waals surface area contributed by atoms with E-state index in [4.69, 9.17) is 15.3 Å². The molecule has 0 fully saturated rings. The molecule has 6 nitrogen and oxygen atoms in total. The van der Waals surface area contributed by atoms with Crippen LogP contribution >= 0.6 is 0 Å². The summed E-state index contributed by atoms with van der Waals surface area (Å²) in [4.78, 5) is 22.8. The standard InChI is InChI=1S/C10H19NO5/c1-8(10(15)16)7-11(4-2-6-12)5-3-9(13)14/h8,12H,2-7H2,1H3,(H,13,14)(H,15,16). The van der Waals surface area contributed by atoms with Gasteiger partial charge >= 0.3 is 11.9 Å². The van der Waals surface area contributed by atoms with Gasteiger partial charge in [-0.3, -0.25) is 9.59 Å². The van der Waals surface area contributed by atoms with E-state index < -0.39 is 17.9 Å². The Morgan fingerprint density at radius 2 is 1.88 bits per heavy atom. The number of hydrogen-bond donors (Lipinski definition) is 3. The lowest BCUT2D eigenvalue weighted by Crippen LogP contribution is -2.34. The van der Waals surface area contributed by atoms with Gasteiger partial charge in [0, 0.05) is 26.2 Å². The molecule has 6 heteroatoms. The van der Waals surface area contributed by atoms with Crippen molar-refractivity contribution in [1.82, 2.24) is 4.90 Å². The van der Waals surface area contributed by atoms with E-state index in [1.165, 1.54) is 0 Å². The van der Waals surface area contributed by atoms with Crippen molar-refractivity contribution in [1.29, 1.82) is 0 Å². The number of hydrogen-bond acceptors (Lipinski definition) is 4. The largest absolute Gasteiger partial charge is 0.481 e. The number of nitrogens with zero attached hydrogens (tertiary/aromatic N) is 1. The van der Waals surface area contributed by atoms with Crippen LogP contribution < -0.4 is 0 Å². The van der Waals surface area contributed by atoms with Crippen LogP contribution in [0.3, 0.4) is 0 Å². The molecule has 0 radical (unpaired) electrons. The summed E-state index contributed by atoms with van der Waals surface area (Å²) in [5.41, 5.74) is 0. The van der Waals surface area contributed by atoms with Crippen molar-refractivity contribution in [2.24, 2.45) is 5.92 Å². The molecule has 0 bridgehead atoms. The third kappa shape index (κ3) is 7.19. The first-order valence-corrected chi connectivity index (χ1v) is 5.25. The molecule has 0 aliphatic heterocycles. The molecule has 94 valence electrons. The molecule has 1 atom stereocenters. The van der Waals surface area contributed by atoms with E-state index in [0.29, 0.717) is 26.1 Å². The van der Waals surface area contributed by atoms with E-state index in [1.807, 2.05) is 0 Å². The first kappa shape index (κ1) is 14.9. The molecule has 0 aromatic carbocycles. The van der Waals surface area contributed by atoms with Gasteiger partial charge in [0.05, 0.1) is 12.3 Å². The van der Waals surface area contributed by atoms with Crippen molar-refractivity contribution in [3.05, 3.63) is 0 Å². The van der Waals surface area contributed by atoms with Crippen molar-refractivity contribution < 1.29 is 24.9 Å². The number of carboxylic acid groups (broad SMARTS) is 2. The van der Waals surface area contributed by atoms with Crippen molar-refractivity contribution in [3.8, 4) is 0 Å². The van der Waals surface area contributed by atoms with Crippen LogP contribution in [-0.2, 0) is 9.59 Å². The first-order chi connectivity index (χ1) is 7.47. The molecular formula is C10H19NO5. The second-order valence-corrected chi connectivity index (χ2v) is 3.76. The highest BCUT2D eigenvalue weighted by Gasteiger charge is 2.16. The maximum atomic E-state index is 10.7. The summed E-state index contributed by atoms with van der Waals surface area (Å²) in [7, 11) is 0. The van der Waals surface area contributed by atoms with Gasteiger partial charge in [0.1, 0.15) is 0 Å². The molecule has 0 aromatic rings. The summed E-state index contributed by atoms with van der Waals surface area (Å²) in [6, 6.07) is 0. The van der Waals surface area contributed by atoms with Gasteiger partial charge < -0.3 is 20.2 Å². The van der Waals surface area contributed by atoms with Gasteiger partial charge in [0.2, 0.25) is 0 Å². The van der Waals surface area contributed by atoms with Crippen molar-refractivity contribution >= 4 is 11.9 Å². The number of rotatable bonds is 9. The highest BCUT2D eigenvalue weighted by molar-refractivity contribution is 5.69. The van der Waals surface area contributed by atoms with Crippen LogP contribution in [-0.4, -0.2) is 58.4 Å². The lowest BCUT2D eigenvalue weighted by molar-refractivity contribution is -0.141. The minimum absolute atomic E-state index is 0.0161. The predicted octanol–water partition coefficient (Wildman–Crippen LogP) is -0.134. The summed E-state index contributed by atoms with van der Waals surface area (Å²) < 4.78 is 0. The Morgan fingerprint density at radius 3 is 2.31 bits per heavy atom. The second-order valence-electron chi connectivity index (χ2n) is 3.76. The normalized spacial score (nSPS) is 12.7. The quantitative estimate of drug-likeness (QED) is 0.513. The SMILES string of the molecule is CC(CN(CCCO)CCC(=O)O)C(=O)O. The Labute approximate surface area is 94.5 Å². The fourth-order valence-corrected chi connectivity index (χ4v) is 1.31. The fourth-order valence-electron chi connectivity index (χ4n) is 1.31. The molecule has 0 spiro atoms. The van der Waals surface area contributed by atoms with E-state index in [-0.39, 0.29) is 13.0 Å². The lowest BCUT2D eigenvalue weighted by atomic mass is 10.1. The summed E-state index contributed by atoms with van der Waals surface area (Å²) in [5.74, 6) is -2.34. The van der Waals surface area contributed by atoms with Crippen molar-refractivity contribution in [2.45, 2.75) is 19.8 Å². The van der Waals surface area contributed by atoms with Crippen LogP contribution in [0.25, 0.3) is 0 Å². The third-order valence-corrected chi connectivity index (χ3v) is 2.23. The van der Waals surface area contributed by atoms with Gasteiger partial charge in [0.25, 0.3) is 0 Å². The van der Waals surface area contributed by atoms with Gasteiger partial charge in [0.15, 0.2) is 0 Å². The molecule has 0 saturated carbocycles. The topological polar surface area (TPSA) is 98.1 Å². The highest BCUT2D eigenvalue weighted by atomic mass is 16.4.